The molecule has 0 aliphatic heterocycles. The van der Waals surface area contributed by atoms with Crippen molar-refractivity contribution >= 4 is 17.5 Å². The average Bonchev–Trinajstić information content (AvgIpc) is 2.54. The molecule has 2 aromatic rings. The van der Waals surface area contributed by atoms with Gasteiger partial charge in [-0.25, -0.2) is 0 Å². The van der Waals surface area contributed by atoms with E-state index in [1.807, 2.05) is 0 Å². The van der Waals surface area contributed by atoms with Gasteiger partial charge in [0.25, 0.3) is 11.8 Å². The Morgan fingerprint density at radius 3 is 2.24 bits per heavy atom. The van der Waals surface area contributed by atoms with Crippen molar-refractivity contribution < 1.29 is 22.8 Å². The van der Waals surface area contributed by atoms with E-state index in [4.69, 9.17) is 0 Å². The first-order valence-corrected chi connectivity index (χ1v) is 7.42. The second-order valence-corrected chi connectivity index (χ2v) is 5.59. The zero-order valence-electron chi connectivity index (χ0n) is 13.5. The van der Waals surface area contributed by atoms with E-state index in [0.29, 0.717) is 0 Å². The summed E-state index contributed by atoms with van der Waals surface area (Å²) in [4.78, 5) is 28.0. The highest BCUT2D eigenvalue weighted by molar-refractivity contribution is 6.05. The molecule has 0 unspecified atom stereocenters. The summed E-state index contributed by atoms with van der Waals surface area (Å²) in [6.45, 7) is 3.58. The highest BCUT2D eigenvalue weighted by atomic mass is 19.4. The zero-order chi connectivity index (χ0) is 18.6. The first-order chi connectivity index (χ1) is 11.7. The third kappa shape index (κ3) is 5.03. The quantitative estimate of drug-likeness (QED) is 0.886. The van der Waals surface area contributed by atoms with Crippen molar-refractivity contribution in [2.45, 2.75) is 26.1 Å². The van der Waals surface area contributed by atoms with Crippen molar-refractivity contribution in [1.29, 1.82) is 0 Å². The van der Waals surface area contributed by atoms with Gasteiger partial charge in [-0.2, -0.15) is 13.2 Å². The number of aromatic nitrogens is 1. The highest BCUT2D eigenvalue weighted by Crippen LogP contribution is 2.29. The smallest absolute Gasteiger partial charge is 0.349 e. The Kier molecular flexibility index (Phi) is 5.41. The van der Waals surface area contributed by atoms with E-state index < -0.39 is 23.6 Å². The van der Waals surface area contributed by atoms with Gasteiger partial charge in [-0.05, 0) is 50.2 Å². The van der Waals surface area contributed by atoms with Crippen LogP contribution in [0.5, 0.6) is 0 Å². The molecule has 2 N–H and O–H groups in total. The van der Waals surface area contributed by atoms with E-state index in [2.05, 4.69) is 15.6 Å². The fraction of sp³-hybridized carbons (Fsp3) is 0.235. The van der Waals surface area contributed by atoms with Crippen LogP contribution in [0.3, 0.4) is 0 Å². The molecule has 5 nitrogen and oxygen atoms in total. The minimum Gasteiger partial charge on any atom is -0.349 e. The van der Waals surface area contributed by atoms with Crippen molar-refractivity contribution in [2.75, 3.05) is 5.32 Å². The van der Waals surface area contributed by atoms with E-state index in [1.54, 1.807) is 13.8 Å². The minimum atomic E-state index is -4.44. The summed E-state index contributed by atoms with van der Waals surface area (Å²) in [6, 6.07) is 6.72. The van der Waals surface area contributed by atoms with E-state index in [-0.39, 0.29) is 23.0 Å². The number of hydrogen-bond donors (Lipinski definition) is 2. The lowest BCUT2D eigenvalue weighted by atomic mass is 10.1. The molecule has 0 atom stereocenters. The van der Waals surface area contributed by atoms with E-state index in [9.17, 15) is 22.8 Å². The monoisotopic (exact) mass is 351 g/mol. The summed E-state index contributed by atoms with van der Waals surface area (Å²) < 4.78 is 37.6. The molecule has 25 heavy (non-hydrogen) atoms. The van der Waals surface area contributed by atoms with Crippen LogP contribution in [0, 0.1) is 0 Å². The van der Waals surface area contributed by atoms with Crippen LogP contribution in [-0.2, 0) is 6.18 Å². The van der Waals surface area contributed by atoms with Crippen LogP contribution in [0.15, 0.2) is 42.6 Å². The van der Waals surface area contributed by atoms with Crippen LogP contribution in [0.25, 0.3) is 0 Å². The molecule has 0 aliphatic rings. The molecular weight excluding hydrogens is 335 g/mol. The second-order valence-electron chi connectivity index (χ2n) is 5.59. The number of rotatable bonds is 4. The maximum atomic E-state index is 12.5. The average molecular weight is 351 g/mol. The molecule has 2 rings (SSSR count). The molecule has 0 saturated carbocycles. The van der Waals surface area contributed by atoms with Crippen LogP contribution in [-0.4, -0.2) is 22.8 Å². The third-order valence-corrected chi connectivity index (χ3v) is 3.14. The largest absolute Gasteiger partial charge is 0.416 e. The Bertz CT molecular complexity index is 771. The number of nitrogens with one attached hydrogen (secondary N) is 2. The Labute approximate surface area is 142 Å². The van der Waals surface area contributed by atoms with E-state index >= 15 is 0 Å². The molecule has 1 aromatic heterocycles. The first-order valence-electron chi connectivity index (χ1n) is 7.42. The third-order valence-electron chi connectivity index (χ3n) is 3.14. The normalized spacial score (nSPS) is 11.3. The maximum absolute atomic E-state index is 12.5. The summed E-state index contributed by atoms with van der Waals surface area (Å²) >= 11 is 0. The topological polar surface area (TPSA) is 71.1 Å². The number of nitrogens with zero attached hydrogens (tertiary/aromatic N) is 1. The van der Waals surface area contributed by atoms with Gasteiger partial charge in [0.1, 0.15) is 5.69 Å². The molecule has 2 amide bonds. The summed E-state index contributed by atoms with van der Waals surface area (Å²) in [5, 5.41) is 5.13. The van der Waals surface area contributed by atoms with E-state index in [1.165, 1.54) is 18.3 Å². The zero-order valence-corrected chi connectivity index (χ0v) is 13.5. The van der Waals surface area contributed by atoms with Gasteiger partial charge < -0.3 is 10.6 Å². The van der Waals surface area contributed by atoms with Crippen LogP contribution < -0.4 is 10.6 Å². The second kappa shape index (κ2) is 7.33. The number of anilines is 1. The van der Waals surface area contributed by atoms with Gasteiger partial charge in [0.05, 0.1) is 5.56 Å². The van der Waals surface area contributed by atoms with Crippen molar-refractivity contribution in [3.63, 3.8) is 0 Å². The van der Waals surface area contributed by atoms with Crippen LogP contribution >= 0.6 is 0 Å². The SMILES string of the molecule is CC(C)NC(=O)c1cc(C(=O)Nc2ccc(C(F)(F)F)cc2)ccn1. The number of pyridine rings is 1. The molecule has 1 aromatic carbocycles. The van der Waals surface area contributed by atoms with Gasteiger partial charge in [-0.1, -0.05) is 0 Å². The predicted molar refractivity (Wildman–Crippen MR) is 86.2 cm³/mol. The molecule has 0 saturated heterocycles. The molecular formula is C17H16F3N3O2. The number of carbonyl (C=O) groups is 2. The minimum absolute atomic E-state index is 0.0776. The van der Waals surface area contributed by atoms with Crippen LogP contribution in [0.1, 0.15) is 40.3 Å². The molecule has 1 heterocycles. The number of benzene rings is 1. The van der Waals surface area contributed by atoms with Gasteiger partial charge >= 0.3 is 6.18 Å². The van der Waals surface area contributed by atoms with Gasteiger partial charge in [0, 0.05) is 23.5 Å². The lowest BCUT2D eigenvalue weighted by Gasteiger charge is -2.10. The fourth-order valence-electron chi connectivity index (χ4n) is 1.98. The molecule has 132 valence electrons. The van der Waals surface area contributed by atoms with Crippen LogP contribution in [0.2, 0.25) is 0 Å². The fourth-order valence-corrected chi connectivity index (χ4v) is 1.98. The summed E-state index contributed by atoms with van der Waals surface area (Å²) in [7, 11) is 0. The van der Waals surface area contributed by atoms with Crippen LogP contribution in [0.4, 0.5) is 18.9 Å². The van der Waals surface area contributed by atoms with Crippen molar-refractivity contribution in [3.05, 3.63) is 59.4 Å². The lowest BCUT2D eigenvalue weighted by Crippen LogP contribution is -2.31. The molecule has 0 aliphatic carbocycles. The number of halogens is 3. The predicted octanol–water partition coefficient (Wildman–Crippen LogP) is 3.49. The number of hydrogen-bond acceptors (Lipinski definition) is 3. The Hall–Kier alpha value is -2.90. The van der Waals surface area contributed by atoms with Crippen molar-refractivity contribution in [2.24, 2.45) is 0 Å². The summed E-state index contributed by atoms with van der Waals surface area (Å²) in [5.41, 5.74) is -0.345. The lowest BCUT2D eigenvalue weighted by molar-refractivity contribution is -0.137. The summed E-state index contributed by atoms with van der Waals surface area (Å²) in [6.07, 6.45) is -3.12. The maximum Gasteiger partial charge on any atom is 0.416 e. The highest BCUT2D eigenvalue weighted by Gasteiger charge is 2.30. The van der Waals surface area contributed by atoms with Gasteiger partial charge in [0.2, 0.25) is 0 Å². The Morgan fingerprint density at radius 1 is 1.04 bits per heavy atom. The number of amides is 2. The first kappa shape index (κ1) is 18.4. The Morgan fingerprint density at radius 2 is 1.68 bits per heavy atom. The van der Waals surface area contributed by atoms with Gasteiger partial charge in [0.15, 0.2) is 0 Å². The van der Waals surface area contributed by atoms with Crippen molar-refractivity contribution in [3.8, 4) is 0 Å². The Balaban J connectivity index is 2.12. The van der Waals surface area contributed by atoms with Crippen molar-refractivity contribution in [1.82, 2.24) is 10.3 Å². The van der Waals surface area contributed by atoms with E-state index in [0.717, 1.165) is 24.3 Å². The molecule has 8 heteroatoms. The number of alkyl halides is 3. The molecule has 0 fully saturated rings. The standard InChI is InChI=1S/C17H16F3N3O2/c1-10(2)22-16(25)14-9-11(7-8-21-14)15(24)23-13-5-3-12(4-6-13)17(18,19)20/h3-10H,1-2H3,(H,22,25)(H,23,24). The summed E-state index contributed by atoms with van der Waals surface area (Å²) in [5.74, 6) is -0.972. The number of carbonyl (C=O) groups excluding carboxylic acids is 2. The molecule has 0 radical (unpaired) electrons. The molecule has 0 bridgehead atoms. The van der Waals surface area contributed by atoms with Gasteiger partial charge in [-0.15, -0.1) is 0 Å². The molecule has 0 spiro atoms. The van der Waals surface area contributed by atoms with Gasteiger partial charge in [-0.3, -0.25) is 14.6 Å².